The van der Waals surface area contributed by atoms with Gasteiger partial charge in [0, 0.05) is 62.3 Å². The summed E-state index contributed by atoms with van der Waals surface area (Å²) in [7, 11) is 4.18. The van der Waals surface area contributed by atoms with Crippen LogP contribution >= 0.6 is 11.5 Å². The molecule has 0 saturated heterocycles. The van der Waals surface area contributed by atoms with Crippen LogP contribution in [-0.4, -0.2) is 43.6 Å². The van der Waals surface area contributed by atoms with Gasteiger partial charge in [-0.05, 0) is 30.5 Å². The number of nitrogens with zero attached hydrogens (tertiary/aromatic N) is 6. The molecule has 3 aromatic heterocycles. The first-order valence-electron chi connectivity index (χ1n) is 8.99. The van der Waals surface area contributed by atoms with E-state index in [2.05, 4.69) is 73.6 Å². The summed E-state index contributed by atoms with van der Waals surface area (Å²) in [5.41, 5.74) is 2.58. The molecule has 3 heterocycles. The predicted octanol–water partition coefficient (Wildman–Crippen LogP) is 2.83. The summed E-state index contributed by atoms with van der Waals surface area (Å²) in [6, 6.07) is 10.7. The number of hydrogen-bond donors (Lipinski definition) is 1. The van der Waals surface area contributed by atoms with E-state index in [0.717, 1.165) is 31.2 Å². The van der Waals surface area contributed by atoms with Crippen molar-refractivity contribution in [1.29, 1.82) is 0 Å². The van der Waals surface area contributed by atoms with Crippen molar-refractivity contribution >= 4 is 27.6 Å². The molecule has 0 bridgehead atoms. The molecule has 1 aromatic carbocycles. The van der Waals surface area contributed by atoms with Crippen LogP contribution in [0, 0.1) is 0 Å². The first kappa shape index (κ1) is 17.7. The van der Waals surface area contributed by atoms with E-state index in [1.807, 2.05) is 10.8 Å². The fourth-order valence-corrected chi connectivity index (χ4v) is 3.77. The van der Waals surface area contributed by atoms with Crippen LogP contribution in [0.1, 0.15) is 12.1 Å². The molecule has 0 aliphatic rings. The second kappa shape index (κ2) is 7.89. The highest BCUT2D eigenvalue weighted by Crippen LogP contribution is 2.19. The lowest BCUT2D eigenvalue weighted by molar-refractivity contribution is 0.626. The lowest BCUT2D eigenvalue weighted by Crippen LogP contribution is -2.24. The van der Waals surface area contributed by atoms with Crippen molar-refractivity contribution in [3.05, 3.63) is 54.7 Å². The van der Waals surface area contributed by atoms with Crippen molar-refractivity contribution < 1.29 is 0 Å². The standard InChI is InChI=1S/C19H23N7S/c1-24(19-22-18(23-27-19)26-11-9-21-14-26)10-5-8-20-13-16-12-15-6-3-4-7-17(15)25(16)2/h3-4,6-7,9,11-12,14,20H,5,8,10,13H2,1-2H3. The number of aromatic nitrogens is 5. The molecule has 4 aromatic rings. The Morgan fingerprint density at radius 1 is 1.26 bits per heavy atom. The second-order valence-electron chi connectivity index (χ2n) is 6.55. The molecule has 1 N–H and O–H groups in total. The molecule has 0 fully saturated rings. The van der Waals surface area contributed by atoms with Crippen molar-refractivity contribution in [2.75, 3.05) is 25.0 Å². The lowest BCUT2D eigenvalue weighted by atomic mass is 10.2. The third kappa shape index (κ3) is 3.86. The Balaban J connectivity index is 1.24. The van der Waals surface area contributed by atoms with E-state index in [-0.39, 0.29) is 0 Å². The highest BCUT2D eigenvalue weighted by molar-refractivity contribution is 7.09. The zero-order valence-corrected chi connectivity index (χ0v) is 16.4. The summed E-state index contributed by atoms with van der Waals surface area (Å²) in [4.78, 5) is 10.7. The molecule has 4 rings (SSSR count). The van der Waals surface area contributed by atoms with Crippen LogP contribution in [0.4, 0.5) is 5.13 Å². The maximum atomic E-state index is 4.57. The Bertz CT molecular complexity index is 1000. The van der Waals surface area contributed by atoms with Gasteiger partial charge in [0.2, 0.25) is 11.1 Å². The smallest absolute Gasteiger partial charge is 0.248 e. The van der Waals surface area contributed by atoms with Crippen molar-refractivity contribution in [2.24, 2.45) is 7.05 Å². The molecule has 0 aliphatic heterocycles. The zero-order valence-electron chi connectivity index (χ0n) is 15.5. The number of aryl methyl sites for hydroxylation is 1. The minimum absolute atomic E-state index is 0.674. The quantitative estimate of drug-likeness (QED) is 0.476. The van der Waals surface area contributed by atoms with Gasteiger partial charge in [-0.1, -0.05) is 18.2 Å². The molecule has 7 nitrogen and oxygen atoms in total. The Hall–Kier alpha value is -2.71. The van der Waals surface area contributed by atoms with E-state index < -0.39 is 0 Å². The molecule has 0 amide bonds. The maximum absolute atomic E-state index is 4.57. The molecule has 27 heavy (non-hydrogen) atoms. The molecular weight excluding hydrogens is 358 g/mol. The largest absolute Gasteiger partial charge is 0.350 e. The van der Waals surface area contributed by atoms with E-state index in [1.165, 1.54) is 28.1 Å². The average Bonchev–Trinajstić information content (AvgIpc) is 3.42. The molecule has 0 unspecified atom stereocenters. The van der Waals surface area contributed by atoms with Crippen molar-refractivity contribution in [1.82, 2.24) is 28.8 Å². The molecule has 0 atom stereocenters. The molecule has 0 aliphatic carbocycles. The van der Waals surface area contributed by atoms with Gasteiger partial charge in [0.15, 0.2) is 0 Å². The van der Waals surface area contributed by atoms with Crippen LogP contribution in [0.5, 0.6) is 0 Å². The van der Waals surface area contributed by atoms with Crippen LogP contribution in [0.2, 0.25) is 0 Å². The Kier molecular flexibility index (Phi) is 5.17. The van der Waals surface area contributed by atoms with Gasteiger partial charge in [-0.25, -0.2) is 4.98 Å². The number of anilines is 1. The van der Waals surface area contributed by atoms with E-state index in [0.29, 0.717) is 5.95 Å². The number of hydrogen-bond acceptors (Lipinski definition) is 6. The second-order valence-corrected chi connectivity index (χ2v) is 7.28. The number of fused-ring (bicyclic) bond motifs is 1. The van der Waals surface area contributed by atoms with Crippen LogP contribution in [0.15, 0.2) is 49.1 Å². The van der Waals surface area contributed by atoms with Gasteiger partial charge in [0.25, 0.3) is 0 Å². The molecule has 140 valence electrons. The molecule has 0 radical (unpaired) electrons. The van der Waals surface area contributed by atoms with Gasteiger partial charge >= 0.3 is 0 Å². The van der Waals surface area contributed by atoms with Gasteiger partial charge in [0.05, 0.1) is 0 Å². The van der Waals surface area contributed by atoms with E-state index in [4.69, 9.17) is 0 Å². The zero-order chi connectivity index (χ0) is 18.6. The number of benzene rings is 1. The Labute approximate surface area is 162 Å². The van der Waals surface area contributed by atoms with Crippen molar-refractivity contribution in [3.8, 4) is 5.95 Å². The normalized spacial score (nSPS) is 11.3. The molecule has 0 saturated carbocycles. The van der Waals surface area contributed by atoms with Crippen LogP contribution < -0.4 is 10.2 Å². The van der Waals surface area contributed by atoms with Gasteiger partial charge in [-0.3, -0.25) is 4.57 Å². The third-order valence-electron chi connectivity index (χ3n) is 4.67. The minimum atomic E-state index is 0.674. The summed E-state index contributed by atoms with van der Waals surface area (Å²) >= 11 is 1.41. The number of imidazole rings is 1. The Morgan fingerprint density at radius 3 is 2.96 bits per heavy atom. The van der Waals surface area contributed by atoms with E-state index >= 15 is 0 Å². The number of para-hydroxylation sites is 1. The lowest BCUT2D eigenvalue weighted by Gasteiger charge is -2.15. The SMILES string of the molecule is CN(CCCNCc1cc2ccccc2n1C)c1nc(-n2ccnc2)ns1. The summed E-state index contributed by atoms with van der Waals surface area (Å²) in [5.74, 6) is 0.674. The van der Waals surface area contributed by atoms with Crippen molar-refractivity contribution in [3.63, 3.8) is 0 Å². The number of rotatable bonds is 8. The average molecular weight is 382 g/mol. The molecule has 8 heteroatoms. The monoisotopic (exact) mass is 381 g/mol. The topological polar surface area (TPSA) is 63.8 Å². The van der Waals surface area contributed by atoms with Gasteiger partial charge < -0.3 is 14.8 Å². The Morgan fingerprint density at radius 2 is 2.15 bits per heavy atom. The van der Waals surface area contributed by atoms with Gasteiger partial charge in [-0.2, -0.15) is 9.36 Å². The van der Waals surface area contributed by atoms with Crippen LogP contribution in [0.25, 0.3) is 16.9 Å². The highest BCUT2D eigenvalue weighted by Gasteiger charge is 2.10. The van der Waals surface area contributed by atoms with Gasteiger partial charge in [0.1, 0.15) is 6.33 Å². The fourth-order valence-electron chi connectivity index (χ4n) is 3.11. The highest BCUT2D eigenvalue weighted by atomic mass is 32.1. The first-order chi connectivity index (χ1) is 13.2. The summed E-state index contributed by atoms with van der Waals surface area (Å²) in [6.07, 6.45) is 6.33. The van der Waals surface area contributed by atoms with Crippen LogP contribution in [0.3, 0.4) is 0 Å². The third-order valence-corrected chi connectivity index (χ3v) is 5.49. The molecular formula is C19H23N7S. The van der Waals surface area contributed by atoms with E-state index in [9.17, 15) is 0 Å². The first-order valence-corrected chi connectivity index (χ1v) is 9.77. The maximum Gasteiger partial charge on any atom is 0.248 e. The molecule has 0 spiro atoms. The number of nitrogens with one attached hydrogen (secondary N) is 1. The summed E-state index contributed by atoms with van der Waals surface area (Å²) in [6.45, 7) is 2.76. The summed E-state index contributed by atoms with van der Waals surface area (Å²) < 4.78 is 8.46. The summed E-state index contributed by atoms with van der Waals surface area (Å²) in [5, 5.41) is 5.76. The van der Waals surface area contributed by atoms with Gasteiger partial charge in [-0.15, -0.1) is 0 Å². The minimum Gasteiger partial charge on any atom is -0.350 e. The van der Waals surface area contributed by atoms with Crippen molar-refractivity contribution in [2.45, 2.75) is 13.0 Å². The predicted molar refractivity (Wildman–Crippen MR) is 110 cm³/mol. The fraction of sp³-hybridized carbons (Fsp3) is 0.316. The van der Waals surface area contributed by atoms with E-state index in [1.54, 1.807) is 12.5 Å². The van der Waals surface area contributed by atoms with Crippen LogP contribution in [-0.2, 0) is 13.6 Å².